The number of aliphatic hydroxyl groups is 3. The summed E-state index contributed by atoms with van der Waals surface area (Å²) in [5.74, 6) is -8.04. The van der Waals surface area contributed by atoms with Gasteiger partial charge >= 0.3 is 0 Å². The van der Waals surface area contributed by atoms with E-state index in [1.54, 1.807) is 19.0 Å². The monoisotopic (exact) mass is 548 g/mol. The molecule has 1 fully saturated rings. The maximum Gasteiger partial charge on any atom is 0.255 e. The number of nitrogens with zero attached hydrogens (tertiary/aromatic N) is 2. The Morgan fingerprint density at radius 2 is 1.82 bits per heavy atom. The number of carbonyl (C=O) groups excluding carboxylic acids is 4. The number of ketones is 2. The first kappa shape index (κ1) is 27.6. The number of carbonyl (C=O) groups is 4. The molecule has 204 valence electrons. The molecule has 2 unspecified atom stereocenters. The second-order valence-electron chi connectivity index (χ2n) is 10.4. The summed E-state index contributed by atoms with van der Waals surface area (Å²) in [5, 5.41) is 47.2. The minimum Gasteiger partial charge on any atom is -0.508 e. The fourth-order valence-electron chi connectivity index (χ4n) is 5.85. The molecule has 0 saturated heterocycles. The molecule has 0 aliphatic heterocycles. The highest BCUT2D eigenvalue weighted by molar-refractivity contribution is 6.34. The predicted molar refractivity (Wildman–Crippen MR) is 136 cm³/mol. The minimum absolute atomic E-state index is 0.00828. The first-order chi connectivity index (χ1) is 17.6. The average molecular weight is 549 g/mol. The van der Waals surface area contributed by atoms with Crippen molar-refractivity contribution in [1.29, 1.82) is 0 Å². The molecular formula is C25H29ClN4O8. The highest BCUT2D eigenvalue weighted by Gasteiger charge is 2.64. The Kier molecular flexibility index (Phi) is 6.81. The van der Waals surface area contributed by atoms with Crippen LogP contribution in [0.1, 0.15) is 17.5 Å². The van der Waals surface area contributed by atoms with Crippen LogP contribution in [-0.2, 0) is 25.6 Å². The van der Waals surface area contributed by atoms with Crippen LogP contribution in [-0.4, -0.2) is 100.0 Å². The first-order valence-corrected chi connectivity index (χ1v) is 12.1. The number of benzene rings is 1. The van der Waals surface area contributed by atoms with Gasteiger partial charge in [0.1, 0.15) is 22.8 Å². The van der Waals surface area contributed by atoms with Crippen molar-refractivity contribution in [2.45, 2.75) is 24.5 Å². The van der Waals surface area contributed by atoms with Crippen molar-refractivity contribution in [2.75, 3.05) is 40.1 Å². The van der Waals surface area contributed by atoms with Gasteiger partial charge in [-0.2, -0.15) is 0 Å². The number of phenolic OH excluding ortho intramolecular Hbond substituents is 1. The summed E-state index contributed by atoms with van der Waals surface area (Å²) in [6.07, 6.45) is 0.0548. The molecule has 3 aliphatic rings. The maximum atomic E-state index is 13.8. The summed E-state index contributed by atoms with van der Waals surface area (Å²) < 4.78 is 0. The number of amides is 2. The Morgan fingerprint density at radius 3 is 2.37 bits per heavy atom. The van der Waals surface area contributed by atoms with Crippen LogP contribution in [0.25, 0.3) is 5.76 Å². The van der Waals surface area contributed by atoms with Crippen molar-refractivity contribution in [3.05, 3.63) is 39.1 Å². The van der Waals surface area contributed by atoms with Crippen LogP contribution < -0.4 is 11.1 Å². The van der Waals surface area contributed by atoms with E-state index < -0.39 is 69.7 Å². The lowest BCUT2D eigenvalue weighted by atomic mass is 9.57. The second kappa shape index (κ2) is 9.38. The van der Waals surface area contributed by atoms with Gasteiger partial charge in [-0.25, -0.2) is 0 Å². The van der Waals surface area contributed by atoms with Gasteiger partial charge in [0, 0.05) is 11.5 Å². The van der Waals surface area contributed by atoms with E-state index in [9.17, 15) is 39.6 Å². The number of anilines is 1. The molecule has 0 aromatic heterocycles. The van der Waals surface area contributed by atoms with Gasteiger partial charge in [-0.05, 0) is 58.6 Å². The Labute approximate surface area is 223 Å². The number of hydrogen-bond donors (Lipinski definition) is 6. The van der Waals surface area contributed by atoms with Gasteiger partial charge in [-0.15, -0.1) is 0 Å². The quantitative estimate of drug-likeness (QED) is 0.217. The lowest BCUT2D eigenvalue weighted by molar-refractivity contribution is -0.153. The van der Waals surface area contributed by atoms with Crippen molar-refractivity contribution in [3.8, 4) is 5.75 Å². The number of rotatable bonds is 5. The van der Waals surface area contributed by atoms with Gasteiger partial charge in [0.05, 0.1) is 23.2 Å². The summed E-state index contributed by atoms with van der Waals surface area (Å²) in [6.45, 7) is -0.0194. The zero-order valence-corrected chi connectivity index (χ0v) is 22.0. The van der Waals surface area contributed by atoms with E-state index in [-0.39, 0.29) is 41.2 Å². The third kappa shape index (κ3) is 3.95. The van der Waals surface area contributed by atoms with Crippen LogP contribution in [0, 0.1) is 11.8 Å². The largest absolute Gasteiger partial charge is 0.508 e. The average Bonchev–Trinajstić information content (AvgIpc) is 2.78. The van der Waals surface area contributed by atoms with Crippen molar-refractivity contribution >= 4 is 46.4 Å². The molecule has 38 heavy (non-hydrogen) atoms. The Morgan fingerprint density at radius 1 is 1.18 bits per heavy atom. The molecule has 4 atom stereocenters. The molecule has 0 spiro atoms. The zero-order chi connectivity index (χ0) is 28.4. The highest BCUT2D eigenvalue weighted by atomic mass is 35.5. The van der Waals surface area contributed by atoms with E-state index in [4.69, 9.17) is 17.3 Å². The Balaban J connectivity index is 1.89. The van der Waals surface area contributed by atoms with Crippen LogP contribution in [0.2, 0.25) is 5.02 Å². The van der Waals surface area contributed by atoms with Crippen molar-refractivity contribution < 1.29 is 39.6 Å². The molecule has 3 aliphatic carbocycles. The van der Waals surface area contributed by atoms with Crippen LogP contribution >= 0.6 is 11.6 Å². The molecule has 13 heteroatoms. The number of phenols is 1. The summed E-state index contributed by atoms with van der Waals surface area (Å²) in [5.41, 5.74) is 1.46. The summed E-state index contributed by atoms with van der Waals surface area (Å²) >= 11 is 6.35. The van der Waals surface area contributed by atoms with Gasteiger partial charge in [0.2, 0.25) is 11.7 Å². The molecule has 12 nitrogen and oxygen atoms in total. The number of primary amides is 1. The number of nitrogens with two attached hydrogens (primary N) is 1. The SMILES string of the molecule is CN(C)CC(=O)Nc1c(Cl)cc2c(c1O)C(O)=C1C(=O)[C@]3(O)C(O)=C(C(N)=O)C(=O)[C@@H](N(C)C)C3CC1C2. The molecule has 1 aromatic carbocycles. The lowest BCUT2D eigenvalue weighted by Crippen LogP contribution is -2.65. The summed E-state index contributed by atoms with van der Waals surface area (Å²) in [4.78, 5) is 54.3. The van der Waals surface area contributed by atoms with Crippen LogP contribution in [0.4, 0.5) is 5.69 Å². The van der Waals surface area contributed by atoms with Crippen LogP contribution in [0.15, 0.2) is 23.0 Å². The van der Waals surface area contributed by atoms with Crippen LogP contribution in [0.3, 0.4) is 0 Å². The molecule has 0 heterocycles. The number of aliphatic hydroxyl groups excluding tert-OH is 2. The smallest absolute Gasteiger partial charge is 0.255 e. The van der Waals surface area contributed by atoms with Crippen LogP contribution in [0.5, 0.6) is 5.75 Å². The van der Waals surface area contributed by atoms with E-state index in [1.807, 2.05) is 0 Å². The number of fused-ring (bicyclic) bond motifs is 3. The Hall–Kier alpha value is -3.45. The number of hydrogen-bond acceptors (Lipinski definition) is 10. The number of likely N-dealkylation sites (N-methyl/N-ethyl adjacent to an activating group) is 2. The molecule has 1 saturated carbocycles. The lowest BCUT2D eigenvalue weighted by Gasteiger charge is -2.50. The molecule has 0 bridgehead atoms. The molecule has 1 aromatic rings. The predicted octanol–water partition coefficient (Wildman–Crippen LogP) is 0.118. The van der Waals surface area contributed by atoms with Gasteiger partial charge in [-0.3, -0.25) is 24.1 Å². The van der Waals surface area contributed by atoms with Crippen molar-refractivity contribution in [2.24, 2.45) is 17.6 Å². The molecule has 2 amide bonds. The number of halogens is 1. The van der Waals surface area contributed by atoms with E-state index in [0.717, 1.165) is 0 Å². The third-order valence-electron chi connectivity index (χ3n) is 7.39. The zero-order valence-electron chi connectivity index (χ0n) is 21.2. The van der Waals surface area contributed by atoms with E-state index >= 15 is 0 Å². The fraction of sp³-hybridized carbons (Fsp3) is 0.440. The molecule has 0 radical (unpaired) electrons. The molecule has 7 N–H and O–H groups in total. The summed E-state index contributed by atoms with van der Waals surface area (Å²) in [7, 11) is 6.39. The van der Waals surface area contributed by atoms with E-state index in [1.165, 1.54) is 25.1 Å². The van der Waals surface area contributed by atoms with E-state index in [2.05, 4.69) is 5.32 Å². The minimum atomic E-state index is -2.73. The van der Waals surface area contributed by atoms with E-state index in [0.29, 0.717) is 5.56 Å². The number of Topliss-reactive ketones (excluding diaryl/α,β-unsaturated/α-hetero) is 2. The topological polar surface area (TPSA) is 194 Å². The highest BCUT2D eigenvalue weighted by Crippen LogP contribution is 2.54. The summed E-state index contributed by atoms with van der Waals surface area (Å²) in [6, 6.07) is 0.289. The first-order valence-electron chi connectivity index (χ1n) is 11.8. The van der Waals surface area contributed by atoms with Gasteiger partial charge in [0.15, 0.2) is 17.1 Å². The molecule has 4 rings (SSSR count). The fourth-order valence-corrected chi connectivity index (χ4v) is 6.12. The number of aromatic hydroxyl groups is 1. The van der Waals surface area contributed by atoms with Gasteiger partial charge < -0.3 is 36.4 Å². The van der Waals surface area contributed by atoms with Gasteiger partial charge in [0.25, 0.3) is 5.91 Å². The number of nitrogens with one attached hydrogen (secondary N) is 1. The molecular weight excluding hydrogens is 520 g/mol. The third-order valence-corrected chi connectivity index (χ3v) is 7.69. The Bertz CT molecular complexity index is 1350. The maximum absolute atomic E-state index is 13.8. The van der Waals surface area contributed by atoms with Crippen molar-refractivity contribution in [1.82, 2.24) is 9.80 Å². The second-order valence-corrected chi connectivity index (χ2v) is 10.8. The normalized spacial score (nSPS) is 26.9. The van der Waals surface area contributed by atoms with Crippen molar-refractivity contribution in [3.63, 3.8) is 0 Å². The van der Waals surface area contributed by atoms with Gasteiger partial charge in [-0.1, -0.05) is 11.6 Å². The standard InChI is InChI=1S/C25H29ClN4O8/c1-29(2)8-13(31)28-17-12(26)7-10-5-9-6-11-18(30(3)4)21(34)16(24(27)37)23(36)25(11,38)22(35)15(9)19(32)14(10)20(17)33/h7,9,11,18,32-33,36,38H,5-6,8H2,1-4H3,(H2,27,37)(H,28,31)/t9?,11?,18-,25-/m0/s1.